The van der Waals surface area contributed by atoms with Crippen LogP contribution in [-0.4, -0.2) is 28.5 Å². The normalized spacial score (nSPS) is 11.2. The van der Waals surface area contributed by atoms with Gasteiger partial charge in [0.05, 0.1) is 24.9 Å². The predicted octanol–water partition coefficient (Wildman–Crippen LogP) is 6.17. The highest BCUT2D eigenvalue weighted by atomic mass is 16.5. The average molecular weight is 489 g/mol. The van der Waals surface area contributed by atoms with Crippen molar-refractivity contribution in [2.75, 3.05) is 6.61 Å². The van der Waals surface area contributed by atoms with Gasteiger partial charge in [-0.05, 0) is 59.2 Å². The molecule has 4 aromatic carbocycles. The number of amides is 1. The van der Waals surface area contributed by atoms with Gasteiger partial charge in [0, 0.05) is 17.3 Å². The number of hydrazone groups is 1. The lowest BCUT2D eigenvalue weighted by atomic mass is 10.0. The van der Waals surface area contributed by atoms with E-state index in [0.29, 0.717) is 6.61 Å². The summed E-state index contributed by atoms with van der Waals surface area (Å²) in [5, 5.41) is 11.3. The summed E-state index contributed by atoms with van der Waals surface area (Å²) in [7, 11) is 0. The number of hydrogen-bond donors (Lipinski definition) is 1. The largest absolute Gasteiger partial charge is 0.494 e. The fraction of sp³-hybridized carbons (Fsp3) is 0.129. The first-order valence-electron chi connectivity index (χ1n) is 12.4. The molecule has 0 aliphatic heterocycles. The van der Waals surface area contributed by atoms with Gasteiger partial charge in [0.1, 0.15) is 11.4 Å². The molecule has 0 radical (unpaired) electrons. The summed E-state index contributed by atoms with van der Waals surface area (Å²) >= 11 is 0. The van der Waals surface area contributed by atoms with Crippen molar-refractivity contribution in [3.05, 3.63) is 114 Å². The second kappa shape index (κ2) is 11.4. The first-order valence-corrected chi connectivity index (χ1v) is 12.4. The summed E-state index contributed by atoms with van der Waals surface area (Å²) in [5.41, 5.74) is 7.06. The number of carbonyl (C=O) groups excluding carboxylic acids is 1. The Balaban J connectivity index is 1.37. The van der Waals surface area contributed by atoms with E-state index >= 15 is 0 Å². The summed E-state index contributed by atoms with van der Waals surface area (Å²) in [6, 6.07) is 31.8. The fourth-order valence-corrected chi connectivity index (χ4v) is 4.18. The summed E-state index contributed by atoms with van der Waals surface area (Å²) in [6.45, 7) is 2.76. The number of ether oxygens (including phenoxy) is 1. The van der Waals surface area contributed by atoms with Gasteiger partial charge in [0.25, 0.3) is 0 Å². The van der Waals surface area contributed by atoms with Crippen LogP contribution in [0.5, 0.6) is 5.75 Å². The zero-order chi connectivity index (χ0) is 25.5. The van der Waals surface area contributed by atoms with Crippen molar-refractivity contribution >= 4 is 22.9 Å². The lowest BCUT2D eigenvalue weighted by Crippen LogP contribution is -2.19. The van der Waals surface area contributed by atoms with Gasteiger partial charge in [0.15, 0.2) is 0 Å². The molecular formula is C31H28N4O2. The van der Waals surface area contributed by atoms with Crippen molar-refractivity contribution in [2.45, 2.75) is 19.8 Å². The van der Waals surface area contributed by atoms with Crippen molar-refractivity contribution < 1.29 is 9.53 Å². The molecule has 0 aliphatic carbocycles. The number of nitrogens with zero attached hydrogens (tertiary/aromatic N) is 3. The van der Waals surface area contributed by atoms with Gasteiger partial charge in [0.2, 0.25) is 5.91 Å². The molecule has 0 bridgehead atoms. The fourth-order valence-electron chi connectivity index (χ4n) is 4.18. The molecule has 0 saturated heterocycles. The van der Waals surface area contributed by atoms with Crippen LogP contribution in [0.25, 0.3) is 27.7 Å². The molecule has 0 atom stereocenters. The van der Waals surface area contributed by atoms with Gasteiger partial charge in [-0.3, -0.25) is 4.79 Å². The number of nitrogens with one attached hydrogen (secondary N) is 1. The molecule has 184 valence electrons. The lowest BCUT2D eigenvalue weighted by molar-refractivity contribution is -0.120. The lowest BCUT2D eigenvalue weighted by Gasteiger charge is -2.06. The third kappa shape index (κ3) is 5.76. The van der Waals surface area contributed by atoms with Crippen LogP contribution >= 0.6 is 0 Å². The minimum absolute atomic E-state index is 0.179. The second-order valence-electron chi connectivity index (χ2n) is 8.69. The monoisotopic (exact) mass is 488 g/mol. The summed E-state index contributed by atoms with van der Waals surface area (Å²) in [5.74, 6) is 0.644. The van der Waals surface area contributed by atoms with Crippen LogP contribution in [0.15, 0.2) is 108 Å². The van der Waals surface area contributed by atoms with Crippen molar-refractivity contribution in [3.8, 4) is 22.7 Å². The molecule has 0 aliphatic rings. The molecule has 6 nitrogen and oxygen atoms in total. The smallest absolute Gasteiger partial charge is 0.244 e. The first kappa shape index (κ1) is 24.0. The Labute approximate surface area is 216 Å². The summed E-state index contributed by atoms with van der Waals surface area (Å²) < 4.78 is 7.53. The molecule has 1 amide bonds. The Hall–Kier alpha value is -4.71. The Bertz CT molecular complexity index is 1520. The topological polar surface area (TPSA) is 68.5 Å². The molecule has 0 spiro atoms. The van der Waals surface area contributed by atoms with E-state index in [0.717, 1.165) is 51.0 Å². The van der Waals surface area contributed by atoms with Crippen LogP contribution in [0, 0.1) is 0 Å². The van der Waals surface area contributed by atoms with Gasteiger partial charge in [-0.25, -0.2) is 10.1 Å². The van der Waals surface area contributed by atoms with Crippen LogP contribution in [0.4, 0.5) is 0 Å². The van der Waals surface area contributed by atoms with E-state index in [2.05, 4.69) is 17.5 Å². The Kier molecular flexibility index (Phi) is 7.36. The molecule has 37 heavy (non-hydrogen) atoms. The van der Waals surface area contributed by atoms with Crippen molar-refractivity contribution in [1.82, 2.24) is 15.2 Å². The molecular weight excluding hydrogens is 460 g/mol. The number of fused-ring (bicyclic) bond motifs is 1. The van der Waals surface area contributed by atoms with Gasteiger partial charge in [-0.2, -0.15) is 10.2 Å². The van der Waals surface area contributed by atoms with Crippen LogP contribution in [0.3, 0.4) is 0 Å². The van der Waals surface area contributed by atoms with Gasteiger partial charge < -0.3 is 4.74 Å². The standard InChI is InChI=1S/C31H28N4O2/c1-2-19-37-28-17-15-24(16-18-28)31-26(22-35(34-31)27-12-4-3-5-13-27)21-32-33-30(36)20-25-11-8-10-23-9-6-7-14-29(23)25/h3-18,21-22H,2,19-20H2,1H3,(H,33,36)/b32-21+. The highest BCUT2D eigenvalue weighted by Crippen LogP contribution is 2.25. The van der Waals surface area contributed by atoms with Crippen molar-refractivity contribution in [2.24, 2.45) is 5.10 Å². The average Bonchev–Trinajstić information content (AvgIpc) is 3.37. The number of aromatic nitrogens is 2. The summed E-state index contributed by atoms with van der Waals surface area (Å²) in [6.07, 6.45) is 4.75. The number of rotatable bonds is 9. The molecule has 5 aromatic rings. The van der Waals surface area contributed by atoms with E-state index in [1.807, 2.05) is 108 Å². The van der Waals surface area contributed by atoms with Gasteiger partial charge in [-0.15, -0.1) is 0 Å². The van der Waals surface area contributed by atoms with E-state index < -0.39 is 0 Å². The van der Waals surface area contributed by atoms with Crippen molar-refractivity contribution in [1.29, 1.82) is 0 Å². The number of carbonyl (C=O) groups is 1. The number of hydrogen-bond acceptors (Lipinski definition) is 4. The zero-order valence-electron chi connectivity index (χ0n) is 20.7. The van der Waals surface area contributed by atoms with Crippen LogP contribution in [0.2, 0.25) is 0 Å². The Morgan fingerprint density at radius 2 is 1.70 bits per heavy atom. The third-order valence-electron chi connectivity index (χ3n) is 5.99. The van der Waals surface area contributed by atoms with Crippen LogP contribution in [0.1, 0.15) is 24.5 Å². The molecule has 6 heteroatoms. The second-order valence-corrected chi connectivity index (χ2v) is 8.69. The first-order chi connectivity index (χ1) is 18.2. The SMILES string of the molecule is CCCOc1ccc(-c2nn(-c3ccccc3)cc2/C=N/NC(=O)Cc2cccc3ccccc23)cc1. The zero-order valence-corrected chi connectivity index (χ0v) is 20.7. The minimum atomic E-state index is -0.179. The number of benzene rings is 4. The highest BCUT2D eigenvalue weighted by molar-refractivity contribution is 5.92. The Morgan fingerprint density at radius 1 is 0.946 bits per heavy atom. The quantitative estimate of drug-likeness (QED) is 0.199. The third-order valence-corrected chi connectivity index (χ3v) is 5.99. The predicted molar refractivity (Wildman–Crippen MR) is 148 cm³/mol. The van der Waals surface area contributed by atoms with E-state index in [-0.39, 0.29) is 12.3 Å². The Morgan fingerprint density at radius 3 is 2.51 bits per heavy atom. The van der Waals surface area contributed by atoms with E-state index in [9.17, 15) is 4.79 Å². The van der Waals surface area contributed by atoms with E-state index in [1.54, 1.807) is 6.21 Å². The van der Waals surface area contributed by atoms with Gasteiger partial charge >= 0.3 is 0 Å². The number of para-hydroxylation sites is 1. The maximum atomic E-state index is 12.7. The van der Waals surface area contributed by atoms with E-state index in [4.69, 9.17) is 9.84 Å². The highest BCUT2D eigenvalue weighted by Gasteiger charge is 2.12. The minimum Gasteiger partial charge on any atom is -0.494 e. The molecule has 0 saturated carbocycles. The molecule has 0 fully saturated rings. The van der Waals surface area contributed by atoms with Crippen LogP contribution in [-0.2, 0) is 11.2 Å². The molecule has 0 unspecified atom stereocenters. The maximum Gasteiger partial charge on any atom is 0.244 e. The molecule has 1 aromatic heterocycles. The molecule has 1 heterocycles. The van der Waals surface area contributed by atoms with E-state index in [1.165, 1.54) is 0 Å². The van der Waals surface area contributed by atoms with Crippen molar-refractivity contribution in [3.63, 3.8) is 0 Å². The van der Waals surface area contributed by atoms with Gasteiger partial charge in [-0.1, -0.05) is 67.6 Å². The van der Waals surface area contributed by atoms with Crippen LogP contribution < -0.4 is 10.2 Å². The molecule has 5 rings (SSSR count). The maximum absolute atomic E-state index is 12.7. The summed E-state index contributed by atoms with van der Waals surface area (Å²) in [4.78, 5) is 12.7. The molecule has 1 N–H and O–H groups in total.